The highest BCUT2D eigenvalue weighted by atomic mass is 32.1. The number of nitrogens with two attached hydrogens (primary N) is 1. The summed E-state index contributed by atoms with van der Waals surface area (Å²) in [5.41, 5.74) is 6.60. The van der Waals surface area contributed by atoms with E-state index in [2.05, 4.69) is 12.2 Å². The molecule has 1 aliphatic rings. The number of hydrogen-bond donors (Lipinski definition) is 2. The first-order chi connectivity index (χ1) is 9.08. The van der Waals surface area contributed by atoms with E-state index in [9.17, 15) is 4.79 Å². The van der Waals surface area contributed by atoms with Gasteiger partial charge < -0.3 is 11.1 Å². The van der Waals surface area contributed by atoms with Crippen LogP contribution in [0.25, 0.3) is 0 Å². The lowest BCUT2D eigenvalue weighted by Gasteiger charge is -2.19. The molecule has 1 aromatic rings. The van der Waals surface area contributed by atoms with E-state index >= 15 is 0 Å². The summed E-state index contributed by atoms with van der Waals surface area (Å²) in [6, 6.07) is 9.75. The molecule has 1 saturated carbocycles. The molecule has 1 aliphatic carbocycles. The molecule has 4 heteroatoms. The molecular weight excluding hydrogens is 256 g/mol. The molecule has 3 N–H and O–H groups in total. The molecule has 3 unspecified atom stereocenters. The summed E-state index contributed by atoms with van der Waals surface area (Å²) in [5, 5.41) is 3.08. The van der Waals surface area contributed by atoms with Crippen molar-refractivity contribution in [3.8, 4) is 0 Å². The minimum absolute atomic E-state index is 0.0715. The van der Waals surface area contributed by atoms with Crippen LogP contribution in [0.3, 0.4) is 0 Å². The molecule has 102 valence electrons. The van der Waals surface area contributed by atoms with E-state index in [0.717, 1.165) is 18.4 Å². The summed E-state index contributed by atoms with van der Waals surface area (Å²) in [5.74, 6) is 0.0928. The van der Waals surface area contributed by atoms with Gasteiger partial charge in [0.2, 0.25) is 5.91 Å². The van der Waals surface area contributed by atoms with Crippen molar-refractivity contribution < 1.29 is 4.79 Å². The topological polar surface area (TPSA) is 55.1 Å². The maximum absolute atomic E-state index is 12.4. The molecule has 0 aromatic heterocycles. The van der Waals surface area contributed by atoms with Crippen LogP contribution in [0.1, 0.15) is 37.7 Å². The molecule has 19 heavy (non-hydrogen) atoms. The largest absolute Gasteiger partial charge is 0.392 e. The molecule has 1 amide bonds. The average molecular weight is 276 g/mol. The highest BCUT2D eigenvalue weighted by Crippen LogP contribution is 2.25. The summed E-state index contributed by atoms with van der Waals surface area (Å²) < 4.78 is 0. The molecule has 2 rings (SSSR count). The maximum atomic E-state index is 12.4. The molecule has 0 aliphatic heterocycles. The second-order valence-corrected chi connectivity index (χ2v) is 5.84. The number of thiocarbonyl (C=S) groups is 1. The highest BCUT2D eigenvalue weighted by molar-refractivity contribution is 7.80. The van der Waals surface area contributed by atoms with Gasteiger partial charge in [-0.25, -0.2) is 0 Å². The van der Waals surface area contributed by atoms with E-state index in [0.29, 0.717) is 5.92 Å². The van der Waals surface area contributed by atoms with E-state index < -0.39 is 5.92 Å². The Morgan fingerprint density at radius 3 is 2.58 bits per heavy atom. The number of hydrogen-bond acceptors (Lipinski definition) is 2. The zero-order valence-electron chi connectivity index (χ0n) is 11.1. The summed E-state index contributed by atoms with van der Waals surface area (Å²) in [7, 11) is 0. The van der Waals surface area contributed by atoms with Gasteiger partial charge in [-0.15, -0.1) is 0 Å². The Kier molecular flexibility index (Phi) is 4.53. The first-order valence-electron chi connectivity index (χ1n) is 6.72. The number of nitrogens with one attached hydrogen (secondary N) is 1. The second kappa shape index (κ2) is 6.15. The summed E-state index contributed by atoms with van der Waals surface area (Å²) in [4.78, 5) is 12.6. The van der Waals surface area contributed by atoms with Crippen molar-refractivity contribution in [2.24, 2.45) is 11.7 Å². The molecule has 0 saturated heterocycles. The van der Waals surface area contributed by atoms with Gasteiger partial charge in [-0.3, -0.25) is 4.79 Å². The monoisotopic (exact) mass is 276 g/mol. The third kappa shape index (κ3) is 3.53. The molecule has 0 heterocycles. The predicted molar refractivity (Wildman–Crippen MR) is 80.9 cm³/mol. The number of carbonyl (C=O) groups is 1. The van der Waals surface area contributed by atoms with Crippen LogP contribution in [0.4, 0.5) is 0 Å². The third-order valence-electron chi connectivity index (χ3n) is 3.72. The highest BCUT2D eigenvalue weighted by Gasteiger charge is 2.28. The quantitative estimate of drug-likeness (QED) is 0.830. The maximum Gasteiger partial charge on any atom is 0.234 e. The third-order valence-corrected chi connectivity index (χ3v) is 3.96. The lowest BCUT2D eigenvalue weighted by atomic mass is 9.97. The van der Waals surface area contributed by atoms with Gasteiger partial charge in [0.1, 0.15) is 5.92 Å². The zero-order valence-corrected chi connectivity index (χ0v) is 12.0. The van der Waals surface area contributed by atoms with Gasteiger partial charge in [0.05, 0.1) is 4.99 Å². The Morgan fingerprint density at radius 1 is 1.37 bits per heavy atom. The minimum atomic E-state index is -0.521. The SMILES string of the molecule is CC1CCC(NC(=O)C(C(N)=S)c2ccccc2)C1. The Morgan fingerprint density at radius 2 is 2.05 bits per heavy atom. The Hall–Kier alpha value is -1.42. The van der Waals surface area contributed by atoms with Gasteiger partial charge in [0, 0.05) is 6.04 Å². The lowest BCUT2D eigenvalue weighted by molar-refractivity contribution is -0.121. The van der Waals surface area contributed by atoms with Gasteiger partial charge >= 0.3 is 0 Å². The van der Waals surface area contributed by atoms with Gasteiger partial charge in [-0.1, -0.05) is 49.5 Å². The van der Waals surface area contributed by atoms with Crippen molar-refractivity contribution in [3.05, 3.63) is 35.9 Å². The van der Waals surface area contributed by atoms with E-state index in [-0.39, 0.29) is 16.9 Å². The van der Waals surface area contributed by atoms with Crippen molar-refractivity contribution in [2.45, 2.75) is 38.1 Å². The normalized spacial score (nSPS) is 23.8. The molecule has 3 nitrogen and oxygen atoms in total. The van der Waals surface area contributed by atoms with E-state index in [1.165, 1.54) is 6.42 Å². The van der Waals surface area contributed by atoms with Gasteiger partial charge in [-0.05, 0) is 30.7 Å². The fourth-order valence-corrected chi connectivity index (χ4v) is 2.96. The Labute approximate surface area is 119 Å². The van der Waals surface area contributed by atoms with Gasteiger partial charge in [0.15, 0.2) is 0 Å². The number of amides is 1. The first-order valence-corrected chi connectivity index (χ1v) is 7.13. The van der Waals surface area contributed by atoms with Crippen LogP contribution < -0.4 is 11.1 Å². The number of carbonyl (C=O) groups excluding carboxylic acids is 1. The molecular formula is C15H20N2OS. The van der Waals surface area contributed by atoms with Crippen molar-refractivity contribution in [1.29, 1.82) is 0 Å². The molecule has 1 aromatic carbocycles. The smallest absolute Gasteiger partial charge is 0.234 e. The van der Waals surface area contributed by atoms with Crippen molar-refractivity contribution in [1.82, 2.24) is 5.32 Å². The fourth-order valence-electron chi connectivity index (χ4n) is 2.71. The van der Waals surface area contributed by atoms with Crippen LogP contribution in [0, 0.1) is 5.92 Å². The Bertz CT molecular complexity index is 460. The van der Waals surface area contributed by atoms with Crippen LogP contribution in [0.2, 0.25) is 0 Å². The lowest BCUT2D eigenvalue weighted by Crippen LogP contribution is -2.40. The molecule has 3 atom stereocenters. The van der Waals surface area contributed by atoms with Crippen LogP contribution in [0.5, 0.6) is 0 Å². The van der Waals surface area contributed by atoms with Crippen LogP contribution in [0.15, 0.2) is 30.3 Å². The minimum Gasteiger partial charge on any atom is -0.392 e. The summed E-state index contributed by atoms with van der Waals surface area (Å²) in [6.45, 7) is 2.22. The van der Waals surface area contributed by atoms with Crippen LogP contribution in [-0.4, -0.2) is 16.9 Å². The molecule has 1 fully saturated rings. The first kappa shape index (κ1) is 14.0. The average Bonchev–Trinajstić information content (AvgIpc) is 2.75. The van der Waals surface area contributed by atoms with Gasteiger partial charge in [0.25, 0.3) is 0 Å². The van der Waals surface area contributed by atoms with Crippen molar-refractivity contribution >= 4 is 23.1 Å². The number of benzene rings is 1. The molecule has 0 spiro atoms. The molecule has 0 bridgehead atoms. The van der Waals surface area contributed by atoms with Crippen LogP contribution in [-0.2, 0) is 4.79 Å². The van der Waals surface area contributed by atoms with Gasteiger partial charge in [-0.2, -0.15) is 0 Å². The zero-order chi connectivity index (χ0) is 13.8. The standard InChI is InChI=1S/C15H20N2OS/c1-10-7-8-12(9-10)17-15(18)13(14(16)19)11-5-3-2-4-6-11/h2-6,10,12-13H,7-9H2,1H3,(H2,16,19)(H,17,18). The van der Waals surface area contributed by atoms with Crippen molar-refractivity contribution in [2.75, 3.05) is 0 Å². The van der Waals surface area contributed by atoms with E-state index in [1.807, 2.05) is 30.3 Å². The molecule has 0 radical (unpaired) electrons. The van der Waals surface area contributed by atoms with E-state index in [1.54, 1.807) is 0 Å². The predicted octanol–water partition coefficient (Wildman–Crippen LogP) is 2.36. The summed E-state index contributed by atoms with van der Waals surface area (Å²) >= 11 is 5.06. The fraction of sp³-hybridized carbons (Fsp3) is 0.467. The second-order valence-electron chi connectivity index (χ2n) is 5.37. The van der Waals surface area contributed by atoms with E-state index in [4.69, 9.17) is 18.0 Å². The number of rotatable bonds is 4. The summed E-state index contributed by atoms with van der Waals surface area (Å²) in [6.07, 6.45) is 3.27. The Balaban J connectivity index is 2.07. The van der Waals surface area contributed by atoms with Crippen LogP contribution >= 0.6 is 12.2 Å². The van der Waals surface area contributed by atoms with Crippen molar-refractivity contribution in [3.63, 3.8) is 0 Å².